The van der Waals surface area contributed by atoms with Gasteiger partial charge in [-0.2, -0.15) is 5.10 Å². The van der Waals surface area contributed by atoms with Crippen LogP contribution >= 0.6 is 0 Å². The van der Waals surface area contributed by atoms with Crippen molar-refractivity contribution in [3.05, 3.63) is 132 Å². The van der Waals surface area contributed by atoms with Crippen LogP contribution in [0.4, 0.5) is 0 Å². The first-order valence-electron chi connectivity index (χ1n) is 13.1. The predicted molar refractivity (Wildman–Crippen MR) is 164 cm³/mol. The van der Waals surface area contributed by atoms with Crippen molar-refractivity contribution in [2.24, 2.45) is 7.05 Å². The second-order valence-corrected chi connectivity index (χ2v) is 9.43. The van der Waals surface area contributed by atoms with Gasteiger partial charge in [0.25, 0.3) is 0 Å². The Morgan fingerprint density at radius 2 is 1.82 bits per heavy atom. The number of allylic oxidation sites excluding steroid dienone is 7. The van der Waals surface area contributed by atoms with E-state index in [9.17, 15) is 4.79 Å². The minimum Gasteiger partial charge on any atom is -0.384 e. The first kappa shape index (κ1) is 29.1. The molecular formula is C34H38N4O. The van der Waals surface area contributed by atoms with E-state index in [0.29, 0.717) is 23.4 Å². The Morgan fingerprint density at radius 3 is 2.44 bits per heavy atom. The monoisotopic (exact) mass is 518 g/mol. The van der Waals surface area contributed by atoms with E-state index in [1.807, 2.05) is 63.5 Å². The highest BCUT2D eigenvalue weighted by Crippen LogP contribution is 2.25. The summed E-state index contributed by atoms with van der Waals surface area (Å²) in [4.78, 5) is 18.5. The lowest BCUT2D eigenvalue weighted by atomic mass is 9.94. The van der Waals surface area contributed by atoms with Crippen LogP contribution in [0.5, 0.6) is 0 Å². The van der Waals surface area contributed by atoms with Gasteiger partial charge < -0.3 is 5.32 Å². The topological polar surface area (TPSA) is 59.8 Å². The third kappa shape index (κ3) is 7.51. The van der Waals surface area contributed by atoms with Gasteiger partial charge in [-0.1, -0.05) is 74.2 Å². The summed E-state index contributed by atoms with van der Waals surface area (Å²) in [5.74, 6) is -0.0774. The van der Waals surface area contributed by atoms with Crippen LogP contribution in [-0.2, 0) is 7.05 Å². The van der Waals surface area contributed by atoms with Gasteiger partial charge in [0.2, 0.25) is 0 Å². The van der Waals surface area contributed by atoms with Crippen molar-refractivity contribution in [2.45, 2.75) is 34.1 Å². The molecule has 0 aliphatic rings. The van der Waals surface area contributed by atoms with Crippen LogP contribution in [0.15, 0.2) is 115 Å². The van der Waals surface area contributed by atoms with Crippen molar-refractivity contribution in [1.82, 2.24) is 20.1 Å². The largest absolute Gasteiger partial charge is 0.384 e. The van der Waals surface area contributed by atoms with Crippen LogP contribution < -0.4 is 5.32 Å². The van der Waals surface area contributed by atoms with E-state index in [4.69, 9.17) is 0 Å². The van der Waals surface area contributed by atoms with Crippen LogP contribution in [0.1, 0.15) is 55.7 Å². The number of pyridine rings is 1. The van der Waals surface area contributed by atoms with Gasteiger partial charge in [0.15, 0.2) is 5.78 Å². The fourth-order valence-electron chi connectivity index (χ4n) is 4.14. The summed E-state index contributed by atoms with van der Waals surface area (Å²) >= 11 is 0. The number of nitrogens with one attached hydrogen (secondary N) is 1. The van der Waals surface area contributed by atoms with Gasteiger partial charge in [0.05, 0.1) is 11.9 Å². The minimum atomic E-state index is -0.0774. The Bertz CT molecular complexity index is 1470. The zero-order valence-electron chi connectivity index (χ0n) is 23.7. The van der Waals surface area contributed by atoms with Gasteiger partial charge in [-0.3, -0.25) is 14.5 Å². The van der Waals surface area contributed by atoms with Crippen LogP contribution in [0, 0.1) is 0 Å². The highest BCUT2D eigenvalue weighted by Gasteiger charge is 2.18. The normalized spacial score (nSPS) is 13.1. The molecule has 0 unspecified atom stereocenters. The molecule has 2 aromatic heterocycles. The first-order chi connectivity index (χ1) is 18.8. The minimum absolute atomic E-state index is 0.0774. The fraction of sp³-hybridized carbons (Fsp3) is 0.206. The first-order valence-corrected chi connectivity index (χ1v) is 13.1. The van der Waals surface area contributed by atoms with Crippen LogP contribution in [0.3, 0.4) is 0 Å². The number of nitrogens with zero attached hydrogens (tertiary/aromatic N) is 3. The highest BCUT2D eigenvalue weighted by atomic mass is 16.1. The Balaban J connectivity index is 1.95. The van der Waals surface area contributed by atoms with Crippen molar-refractivity contribution in [2.75, 3.05) is 6.54 Å². The summed E-state index contributed by atoms with van der Waals surface area (Å²) in [6.45, 7) is 16.5. The summed E-state index contributed by atoms with van der Waals surface area (Å²) in [5.41, 5.74) is 8.87. The maximum atomic E-state index is 14.0. The van der Waals surface area contributed by atoms with Gasteiger partial charge in [-0.25, -0.2) is 0 Å². The smallest absolute Gasteiger partial charge is 0.195 e. The van der Waals surface area contributed by atoms with Crippen LogP contribution in [0.2, 0.25) is 0 Å². The molecule has 0 bridgehead atoms. The summed E-state index contributed by atoms with van der Waals surface area (Å²) in [6.07, 6.45) is 15.5. The van der Waals surface area contributed by atoms with E-state index in [0.717, 1.165) is 34.4 Å². The molecule has 1 aromatic carbocycles. The molecule has 0 atom stereocenters. The zero-order chi connectivity index (χ0) is 28.4. The molecule has 0 radical (unpaired) electrons. The molecule has 0 aliphatic heterocycles. The average Bonchev–Trinajstić information content (AvgIpc) is 3.41. The molecule has 0 saturated carbocycles. The standard InChI is InChI=1S/C34H38N4O/c1-8-11-15-28(26(6)27-16-13-12-14-17-27)20-35-25(5)18-31(24(4)9-2)34(39)32-19-29(21-36-33(32)10-3)30-22-37-38(7)23-30/h8,10-19,21-23,35H,1,3,9,20H2,2,4-7H3/b15-11-,25-18+,28-26-,31-24+. The molecule has 5 heteroatoms. The van der Waals surface area contributed by atoms with E-state index in [-0.39, 0.29) is 5.78 Å². The van der Waals surface area contributed by atoms with E-state index in [1.54, 1.807) is 29.2 Å². The molecule has 3 aromatic rings. The second kappa shape index (κ2) is 13.9. The van der Waals surface area contributed by atoms with E-state index in [1.165, 1.54) is 11.1 Å². The fourth-order valence-corrected chi connectivity index (χ4v) is 4.14. The van der Waals surface area contributed by atoms with Crippen molar-refractivity contribution in [1.29, 1.82) is 0 Å². The summed E-state index contributed by atoms with van der Waals surface area (Å²) in [7, 11) is 1.86. The molecule has 1 N–H and O–H groups in total. The average molecular weight is 519 g/mol. The van der Waals surface area contributed by atoms with Crippen molar-refractivity contribution >= 4 is 17.4 Å². The molecule has 0 saturated heterocycles. The predicted octanol–water partition coefficient (Wildman–Crippen LogP) is 7.74. The number of aromatic nitrogens is 3. The molecule has 5 nitrogen and oxygen atoms in total. The Morgan fingerprint density at radius 1 is 1.08 bits per heavy atom. The summed E-state index contributed by atoms with van der Waals surface area (Å²) in [6, 6.07) is 12.2. The Kier molecular flexibility index (Phi) is 10.3. The molecule has 2 heterocycles. The molecule has 0 amide bonds. The van der Waals surface area contributed by atoms with Crippen molar-refractivity contribution < 1.29 is 4.79 Å². The quantitative estimate of drug-likeness (QED) is 0.151. The van der Waals surface area contributed by atoms with Crippen LogP contribution in [-0.4, -0.2) is 27.1 Å². The number of carbonyl (C=O) groups is 1. The van der Waals surface area contributed by atoms with Gasteiger partial charge in [0.1, 0.15) is 0 Å². The third-order valence-electron chi connectivity index (χ3n) is 6.67. The molecular weight excluding hydrogens is 480 g/mol. The van der Waals surface area contributed by atoms with Gasteiger partial charge >= 0.3 is 0 Å². The molecule has 200 valence electrons. The number of aryl methyl sites for hydroxylation is 1. The second-order valence-electron chi connectivity index (χ2n) is 9.43. The zero-order valence-corrected chi connectivity index (χ0v) is 23.7. The van der Waals surface area contributed by atoms with E-state index in [2.05, 4.69) is 60.6 Å². The summed E-state index contributed by atoms with van der Waals surface area (Å²) < 4.78 is 1.73. The molecule has 0 fully saturated rings. The van der Waals surface area contributed by atoms with Gasteiger partial charge in [-0.15, -0.1) is 0 Å². The maximum absolute atomic E-state index is 14.0. The molecule has 39 heavy (non-hydrogen) atoms. The maximum Gasteiger partial charge on any atom is 0.195 e. The van der Waals surface area contributed by atoms with E-state index >= 15 is 0 Å². The Hall–Kier alpha value is -4.51. The number of ketones is 1. The van der Waals surface area contributed by atoms with Gasteiger partial charge in [0, 0.05) is 53.9 Å². The van der Waals surface area contributed by atoms with E-state index < -0.39 is 0 Å². The van der Waals surface area contributed by atoms with Gasteiger partial charge in [-0.05, 0) is 62.1 Å². The number of rotatable bonds is 12. The highest BCUT2D eigenvalue weighted by molar-refractivity contribution is 6.13. The number of benzene rings is 1. The lowest BCUT2D eigenvalue weighted by Crippen LogP contribution is -2.16. The number of hydrogen-bond donors (Lipinski definition) is 1. The number of Topliss-reactive ketones (excluding diaryl/α,β-unsaturated/α-hetero) is 1. The SMILES string of the molecule is C=C/C=C\C(CN/C(C)=C/C(C(=O)c1cc(-c2cnn(C)c2)cnc1C=C)=C(/C)CC)=C(/C)c1ccccc1. The summed E-state index contributed by atoms with van der Waals surface area (Å²) in [5, 5.41) is 7.76. The molecule has 0 spiro atoms. The lowest BCUT2D eigenvalue weighted by Gasteiger charge is -2.14. The number of hydrogen-bond acceptors (Lipinski definition) is 4. The van der Waals surface area contributed by atoms with Crippen molar-refractivity contribution in [3.63, 3.8) is 0 Å². The third-order valence-corrected chi connectivity index (χ3v) is 6.67. The number of carbonyl (C=O) groups excluding carboxylic acids is 1. The Labute approximate surface area is 232 Å². The lowest BCUT2D eigenvalue weighted by molar-refractivity contribution is 0.103. The van der Waals surface area contributed by atoms with Crippen molar-refractivity contribution in [3.8, 4) is 11.1 Å². The molecule has 3 rings (SSSR count). The molecule has 0 aliphatic carbocycles. The van der Waals surface area contributed by atoms with Crippen LogP contribution in [0.25, 0.3) is 22.8 Å².